The fourth-order valence-corrected chi connectivity index (χ4v) is 2.49. The maximum Gasteiger partial charge on any atom is 0.191 e. The average molecular weight is 332 g/mol. The monoisotopic (exact) mass is 332 g/mol. The van der Waals surface area contributed by atoms with Gasteiger partial charge in [0.1, 0.15) is 11.6 Å². The SMILES string of the molecule is CN=C(NCCc1ccco1)NCC(c1cccc(F)c1)N(C)C. The van der Waals surface area contributed by atoms with E-state index in [1.165, 1.54) is 6.07 Å². The Balaban J connectivity index is 1.87. The molecule has 0 amide bonds. The Morgan fingerprint density at radius 1 is 1.25 bits per heavy atom. The molecule has 1 aromatic heterocycles. The van der Waals surface area contributed by atoms with Gasteiger partial charge in [0, 0.05) is 26.6 Å². The molecule has 1 aromatic carbocycles. The number of likely N-dealkylation sites (N-methyl/N-ethyl adjacent to an activating group) is 1. The zero-order chi connectivity index (χ0) is 17.4. The fourth-order valence-electron chi connectivity index (χ4n) is 2.49. The first kappa shape index (κ1) is 18.0. The largest absolute Gasteiger partial charge is 0.469 e. The Kier molecular flexibility index (Phi) is 6.81. The minimum absolute atomic E-state index is 0.0457. The second kappa shape index (κ2) is 9.08. The summed E-state index contributed by atoms with van der Waals surface area (Å²) < 4.78 is 18.8. The van der Waals surface area contributed by atoms with Gasteiger partial charge in [0.15, 0.2) is 5.96 Å². The molecule has 0 radical (unpaired) electrons. The number of rotatable bonds is 7. The first-order chi connectivity index (χ1) is 11.6. The molecule has 0 bridgehead atoms. The van der Waals surface area contributed by atoms with Gasteiger partial charge < -0.3 is 20.0 Å². The summed E-state index contributed by atoms with van der Waals surface area (Å²) in [5.74, 6) is 1.42. The van der Waals surface area contributed by atoms with Crippen molar-refractivity contribution in [2.24, 2.45) is 4.99 Å². The predicted molar refractivity (Wildman–Crippen MR) is 94.6 cm³/mol. The molecular weight excluding hydrogens is 307 g/mol. The summed E-state index contributed by atoms with van der Waals surface area (Å²) >= 11 is 0. The van der Waals surface area contributed by atoms with Crippen molar-refractivity contribution in [3.8, 4) is 0 Å². The van der Waals surface area contributed by atoms with Crippen LogP contribution in [0.15, 0.2) is 52.1 Å². The Hall–Kier alpha value is -2.34. The van der Waals surface area contributed by atoms with Crippen molar-refractivity contribution in [3.63, 3.8) is 0 Å². The summed E-state index contributed by atoms with van der Waals surface area (Å²) in [6, 6.07) is 10.6. The van der Waals surface area contributed by atoms with Crippen molar-refractivity contribution in [3.05, 3.63) is 59.8 Å². The molecule has 1 atom stereocenters. The molecule has 24 heavy (non-hydrogen) atoms. The van der Waals surface area contributed by atoms with Crippen molar-refractivity contribution in [2.75, 3.05) is 34.2 Å². The van der Waals surface area contributed by atoms with E-state index in [1.54, 1.807) is 25.4 Å². The van der Waals surface area contributed by atoms with Crippen LogP contribution in [0.2, 0.25) is 0 Å². The molecule has 5 nitrogen and oxygen atoms in total. The van der Waals surface area contributed by atoms with E-state index >= 15 is 0 Å². The van der Waals surface area contributed by atoms with Gasteiger partial charge in [0.25, 0.3) is 0 Å². The molecule has 0 fully saturated rings. The molecule has 6 heteroatoms. The molecular formula is C18H25FN4O. The summed E-state index contributed by atoms with van der Waals surface area (Å²) in [6.45, 7) is 1.34. The third-order valence-corrected chi connectivity index (χ3v) is 3.79. The third kappa shape index (κ3) is 5.38. The van der Waals surface area contributed by atoms with Crippen molar-refractivity contribution < 1.29 is 8.81 Å². The van der Waals surface area contributed by atoms with Crippen LogP contribution in [-0.2, 0) is 6.42 Å². The van der Waals surface area contributed by atoms with E-state index in [4.69, 9.17) is 4.42 Å². The van der Waals surface area contributed by atoms with Gasteiger partial charge in [-0.25, -0.2) is 4.39 Å². The number of hydrogen-bond acceptors (Lipinski definition) is 3. The molecule has 0 aliphatic rings. The first-order valence-electron chi connectivity index (χ1n) is 7.99. The summed E-state index contributed by atoms with van der Waals surface area (Å²) in [5.41, 5.74) is 0.929. The summed E-state index contributed by atoms with van der Waals surface area (Å²) in [7, 11) is 5.68. The van der Waals surface area contributed by atoms with Gasteiger partial charge in [-0.15, -0.1) is 0 Å². The van der Waals surface area contributed by atoms with Crippen LogP contribution >= 0.6 is 0 Å². The number of guanidine groups is 1. The number of benzene rings is 1. The Bertz CT molecular complexity index is 640. The lowest BCUT2D eigenvalue weighted by molar-refractivity contribution is 0.297. The van der Waals surface area contributed by atoms with Gasteiger partial charge in [0.05, 0.1) is 12.3 Å². The van der Waals surface area contributed by atoms with Crippen molar-refractivity contribution >= 4 is 5.96 Å². The number of halogens is 1. The van der Waals surface area contributed by atoms with Gasteiger partial charge in [-0.1, -0.05) is 12.1 Å². The molecule has 0 aliphatic carbocycles. The van der Waals surface area contributed by atoms with Crippen molar-refractivity contribution in [2.45, 2.75) is 12.5 Å². The molecule has 1 unspecified atom stereocenters. The average Bonchev–Trinajstić information content (AvgIpc) is 3.06. The number of aliphatic imine (C=N–C) groups is 1. The normalized spacial score (nSPS) is 13.1. The van der Waals surface area contributed by atoms with E-state index in [2.05, 4.69) is 20.5 Å². The highest BCUT2D eigenvalue weighted by Gasteiger charge is 2.15. The highest BCUT2D eigenvalue weighted by atomic mass is 19.1. The highest BCUT2D eigenvalue weighted by molar-refractivity contribution is 5.79. The van der Waals surface area contributed by atoms with Gasteiger partial charge in [0.2, 0.25) is 0 Å². The predicted octanol–water partition coefficient (Wildman–Crippen LogP) is 2.43. The van der Waals surface area contributed by atoms with Crippen LogP contribution in [0.5, 0.6) is 0 Å². The maximum atomic E-state index is 13.5. The van der Waals surface area contributed by atoms with E-state index in [0.29, 0.717) is 12.5 Å². The summed E-state index contributed by atoms with van der Waals surface area (Å²) in [6.07, 6.45) is 2.46. The van der Waals surface area contributed by atoms with Crippen molar-refractivity contribution in [1.29, 1.82) is 0 Å². The number of nitrogens with zero attached hydrogens (tertiary/aromatic N) is 2. The number of hydrogen-bond donors (Lipinski definition) is 2. The van der Waals surface area contributed by atoms with E-state index in [-0.39, 0.29) is 11.9 Å². The maximum absolute atomic E-state index is 13.5. The van der Waals surface area contributed by atoms with Crippen molar-refractivity contribution in [1.82, 2.24) is 15.5 Å². The van der Waals surface area contributed by atoms with Crippen LogP contribution < -0.4 is 10.6 Å². The number of furan rings is 1. The molecule has 2 rings (SSSR count). The zero-order valence-electron chi connectivity index (χ0n) is 14.4. The standard InChI is InChI=1S/C18H25FN4O/c1-20-18(21-10-9-16-8-5-11-24-16)22-13-17(23(2)3)14-6-4-7-15(19)12-14/h4-8,11-12,17H,9-10,13H2,1-3H3,(H2,20,21,22). The molecule has 0 spiro atoms. The molecule has 130 valence electrons. The second-order valence-electron chi connectivity index (χ2n) is 5.74. The Morgan fingerprint density at radius 3 is 2.71 bits per heavy atom. The summed E-state index contributed by atoms with van der Waals surface area (Å²) in [5, 5.41) is 6.54. The van der Waals surface area contributed by atoms with E-state index < -0.39 is 0 Å². The molecule has 0 aliphatic heterocycles. The lowest BCUT2D eigenvalue weighted by Crippen LogP contribution is -2.42. The molecule has 0 saturated heterocycles. The Labute approximate surface area is 142 Å². The molecule has 1 heterocycles. The van der Waals surface area contributed by atoms with E-state index in [9.17, 15) is 4.39 Å². The lowest BCUT2D eigenvalue weighted by Gasteiger charge is -2.26. The minimum atomic E-state index is -0.222. The topological polar surface area (TPSA) is 52.8 Å². The highest BCUT2D eigenvalue weighted by Crippen LogP contribution is 2.18. The van der Waals surface area contributed by atoms with Crippen LogP contribution in [-0.4, -0.2) is 45.1 Å². The Morgan fingerprint density at radius 2 is 2.08 bits per heavy atom. The first-order valence-corrected chi connectivity index (χ1v) is 7.99. The third-order valence-electron chi connectivity index (χ3n) is 3.79. The smallest absolute Gasteiger partial charge is 0.191 e. The summed E-state index contributed by atoms with van der Waals surface area (Å²) in [4.78, 5) is 6.27. The van der Waals surface area contributed by atoms with Crippen LogP contribution in [0, 0.1) is 5.82 Å². The van der Waals surface area contributed by atoms with Gasteiger partial charge in [-0.2, -0.15) is 0 Å². The van der Waals surface area contributed by atoms with Crippen LogP contribution in [0.1, 0.15) is 17.4 Å². The molecule has 2 N–H and O–H groups in total. The minimum Gasteiger partial charge on any atom is -0.469 e. The quantitative estimate of drug-likeness (QED) is 0.604. The number of nitrogens with one attached hydrogen (secondary N) is 2. The van der Waals surface area contributed by atoms with Crippen LogP contribution in [0.25, 0.3) is 0 Å². The molecule has 2 aromatic rings. The van der Waals surface area contributed by atoms with Crippen LogP contribution in [0.3, 0.4) is 0 Å². The van der Waals surface area contributed by atoms with Crippen LogP contribution in [0.4, 0.5) is 4.39 Å². The zero-order valence-corrected chi connectivity index (χ0v) is 14.4. The van der Waals surface area contributed by atoms with Gasteiger partial charge in [-0.05, 0) is 43.9 Å². The second-order valence-corrected chi connectivity index (χ2v) is 5.74. The van der Waals surface area contributed by atoms with E-state index in [0.717, 1.165) is 24.3 Å². The lowest BCUT2D eigenvalue weighted by atomic mass is 10.1. The van der Waals surface area contributed by atoms with Gasteiger partial charge in [-0.3, -0.25) is 4.99 Å². The van der Waals surface area contributed by atoms with E-state index in [1.807, 2.05) is 32.3 Å². The fraction of sp³-hybridized carbons (Fsp3) is 0.389. The molecule has 0 saturated carbocycles. The van der Waals surface area contributed by atoms with Gasteiger partial charge >= 0.3 is 0 Å².